The first-order valence-electron chi connectivity index (χ1n) is 27.7. The topological polar surface area (TPSA) is 226 Å². The van der Waals surface area contributed by atoms with Crippen LogP contribution < -0.4 is 5.32 Å². The fourth-order valence-electron chi connectivity index (χ4n) is 9.13. The Morgan fingerprint density at radius 3 is 1.24 bits per heavy atom. The summed E-state index contributed by atoms with van der Waals surface area (Å²) in [4.78, 5) is 23.3. The van der Waals surface area contributed by atoms with Crippen molar-refractivity contribution in [3.63, 3.8) is 0 Å². The minimum atomic E-state index is -5.10. The second-order valence-corrected chi connectivity index (χ2v) is 21.4. The minimum absolute atomic E-state index is 0.220. The normalized spacial score (nSPS) is 22.2. The molecule has 0 aliphatic heterocycles. The van der Waals surface area contributed by atoms with Crippen molar-refractivity contribution in [1.82, 2.24) is 5.32 Å². The van der Waals surface area contributed by atoms with Gasteiger partial charge in [0.05, 0.1) is 31.3 Å². The number of amides is 1. The molecule has 8 atom stereocenters. The average Bonchev–Trinajstić information content (AvgIpc) is 3.30. The van der Waals surface area contributed by atoms with E-state index in [1.807, 2.05) is 6.92 Å². The number of phosphoric acid groups is 1. The molecule has 8 unspecified atom stereocenters. The van der Waals surface area contributed by atoms with Crippen LogP contribution in [0.3, 0.4) is 0 Å². The standard InChI is InChI=1S/C53H104NO12P/c1-3-5-7-9-10-11-12-13-14-15-16-17-18-19-20-21-22-23-24-25-26-27-28-29-30-31-32-33-34-35-36-37-38-40-44(55)42-47(57)54-45(46(56)41-39-8-6-4-2)43-65-67(63,64)66-53-51(61)49(59)48(58)50(60)52(53)62/h21-22,44-46,48-53,55-56,58-62H,3-20,23-43H2,1-2H3,(H,54,57)(H,63,64)/b22-21-. The highest BCUT2D eigenvalue weighted by Crippen LogP contribution is 2.47. The number of aliphatic hydroxyl groups excluding tert-OH is 7. The molecule has 14 heteroatoms. The summed E-state index contributed by atoms with van der Waals surface area (Å²) >= 11 is 0. The maximum atomic E-state index is 12.9. The van der Waals surface area contributed by atoms with E-state index in [0.29, 0.717) is 12.8 Å². The van der Waals surface area contributed by atoms with Crippen LogP contribution in [0.2, 0.25) is 0 Å². The summed E-state index contributed by atoms with van der Waals surface area (Å²) < 4.78 is 22.7. The van der Waals surface area contributed by atoms with Gasteiger partial charge in [0.2, 0.25) is 5.91 Å². The highest BCUT2D eigenvalue weighted by molar-refractivity contribution is 7.47. The summed E-state index contributed by atoms with van der Waals surface area (Å²) in [5.74, 6) is -0.565. The van der Waals surface area contributed by atoms with Gasteiger partial charge in [-0.2, -0.15) is 0 Å². The number of rotatable bonds is 47. The number of carbonyl (C=O) groups is 1. The van der Waals surface area contributed by atoms with Crippen molar-refractivity contribution in [3.05, 3.63) is 12.2 Å². The van der Waals surface area contributed by atoms with E-state index in [4.69, 9.17) is 9.05 Å². The Morgan fingerprint density at radius 1 is 0.507 bits per heavy atom. The lowest BCUT2D eigenvalue weighted by molar-refractivity contribution is -0.220. The molecule has 1 amide bonds. The molecule has 0 aromatic carbocycles. The SMILES string of the molecule is CCCCCCCCCCCCCCCC/C=C\CCCCCCCCCCCCCCCCCC(O)CC(=O)NC(COP(=O)(O)OC1C(O)C(O)C(O)C(O)C1O)C(O)CCCCCC. The molecule has 9 N–H and O–H groups in total. The van der Waals surface area contributed by atoms with Crippen LogP contribution >= 0.6 is 7.82 Å². The molecule has 0 bridgehead atoms. The highest BCUT2D eigenvalue weighted by Gasteiger charge is 2.51. The van der Waals surface area contributed by atoms with Crippen molar-refractivity contribution < 1.29 is 59.0 Å². The Morgan fingerprint density at radius 2 is 0.836 bits per heavy atom. The lowest BCUT2D eigenvalue weighted by Crippen LogP contribution is -2.64. The quantitative estimate of drug-likeness (QED) is 0.0158. The van der Waals surface area contributed by atoms with Gasteiger partial charge in [-0.1, -0.05) is 225 Å². The van der Waals surface area contributed by atoms with Crippen LogP contribution in [0, 0.1) is 0 Å². The Bertz CT molecular complexity index is 1200. The number of unbranched alkanes of at least 4 members (excludes halogenated alkanes) is 32. The molecule has 0 heterocycles. The second kappa shape index (κ2) is 42.7. The molecule has 1 saturated carbocycles. The van der Waals surface area contributed by atoms with Gasteiger partial charge in [0.25, 0.3) is 0 Å². The third-order valence-electron chi connectivity index (χ3n) is 13.6. The van der Waals surface area contributed by atoms with Crippen molar-refractivity contribution in [2.24, 2.45) is 0 Å². The summed E-state index contributed by atoms with van der Waals surface area (Å²) in [5, 5.41) is 74.1. The zero-order valence-electron chi connectivity index (χ0n) is 42.6. The van der Waals surface area contributed by atoms with Gasteiger partial charge in [-0.25, -0.2) is 4.57 Å². The van der Waals surface area contributed by atoms with Crippen LogP contribution in [-0.2, 0) is 18.4 Å². The van der Waals surface area contributed by atoms with Crippen LogP contribution in [0.1, 0.15) is 258 Å². The maximum Gasteiger partial charge on any atom is 0.472 e. The van der Waals surface area contributed by atoms with Crippen molar-refractivity contribution in [1.29, 1.82) is 0 Å². The van der Waals surface area contributed by atoms with Crippen LogP contribution in [0.15, 0.2) is 12.2 Å². The van der Waals surface area contributed by atoms with E-state index in [1.165, 1.54) is 173 Å². The van der Waals surface area contributed by atoms with Gasteiger partial charge in [0.15, 0.2) is 0 Å². The number of phosphoric ester groups is 1. The predicted molar refractivity (Wildman–Crippen MR) is 271 cm³/mol. The first-order chi connectivity index (χ1) is 32.3. The minimum Gasteiger partial charge on any atom is -0.393 e. The summed E-state index contributed by atoms with van der Waals surface area (Å²) in [5.41, 5.74) is 0. The number of allylic oxidation sites excluding steroid dienone is 2. The number of hydrogen-bond acceptors (Lipinski definition) is 11. The van der Waals surface area contributed by atoms with E-state index in [-0.39, 0.29) is 12.8 Å². The average molecular weight is 978 g/mol. The second-order valence-electron chi connectivity index (χ2n) is 20.0. The molecule has 67 heavy (non-hydrogen) atoms. The van der Waals surface area contributed by atoms with Gasteiger partial charge < -0.3 is 46.0 Å². The van der Waals surface area contributed by atoms with E-state index in [9.17, 15) is 50.0 Å². The summed E-state index contributed by atoms with van der Waals surface area (Å²) in [6.45, 7) is 3.65. The van der Waals surface area contributed by atoms with Gasteiger partial charge in [-0.3, -0.25) is 13.8 Å². The first-order valence-corrected chi connectivity index (χ1v) is 29.2. The van der Waals surface area contributed by atoms with Gasteiger partial charge in [-0.15, -0.1) is 0 Å². The Hall–Kier alpha value is -0.960. The monoisotopic (exact) mass is 978 g/mol. The third-order valence-corrected chi connectivity index (χ3v) is 14.6. The van der Waals surface area contributed by atoms with E-state index in [1.54, 1.807) is 0 Å². The van der Waals surface area contributed by atoms with Crippen LogP contribution in [-0.4, -0.2) is 108 Å². The molecule has 1 fully saturated rings. The summed E-state index contributed by atoms with van der Waals surface area (Å²) in [7, 11) is -5.10. The zero-order chi connectivity index (χ0) is 49.4. The van der Waals surface area contributed by atoms with Crippen molar-refractivity contribution in [3.8, 4) is 0 Å². The number of carbonyl (C=O) groups excluding carboxylic acids is 1. The molecule has 0 aromatic heterocycles. The molecule has 398 valence electrons. The van der Waals surface area contributed by atoms with E-state index >= 15 is 0 Å². The number of aliphatic hydroxyl groups is 7. The van der Waals surface area contributed by atoms with Crippen molar-refractivity contribution in [2.75, 3.05) is 6.61 Å². The maximum absolute atomic E-state index is 12.9. The number of hydrogen-bond donors (Lipinski definition) is 9. The number of nitrogens with one attached hydrogen (secondary N) is 1. The molecule has 13 nitrogen and oxygen atoms in total. The molecule has 0 spiro atoms. The van der Waals surface area contributed by atoms with Crippen molar-refractivity contribution >= 4 is 13.7 Å². The van der Waals surface area contributed by atoms with Gasteiger partial charge in [0.1, 0.15) is 36.6 Å². The zero-order valence-corrected chi connectivity index (χ0v) is 43.5. The van der Waals surface area contributed by atoms with E-state index in [2.05, 4.69) is 24.4 Å². The Balaban J connectivity index is 2.07. The van der Waals surface area contributed by atoms with Gasteiger partial charge >= 0.3 is 7.82 Å². The van der Waals surface area contributed by atoms with Gasteiger partial charge in [0, 0.05) is 0 Å². The van der Waals surface area contributed by atoms with Crippen molar-refractivity contribution in [2.45, 2.75) is 313 Å². The smallest absolute Gasteiger partial charge is 0.393 e. The lowest BCUT2D eigenvalue weighted by atomic mass is 9.85. The molecule has 0 aromatic rings. The summed E-state index contributed by atoms with van der Waals surface area (Å²) in [6, 6.07) is -1.15. The fourth-order valence-corrected chi connectivity index (χ4v) is 10.1. The Kier molecular flexibility index (Phi) is 40.8. The largest absolute Gasteiger partial charge is 0.472 e. The van der Waals surface area contributed by atoms with Gasteiger partial charge in [-0.05, 0) is 38.5 Å². The molecule has 1 rings (SSSR count). The lowest BCUT2D eigenvalue weighted by Gasteiger charge is -2.41. The molecular weight excluding hydrogens is 874 g/mol. The predicted octanol–water partition coefficient (Wildman–Crippen LogP) is 10.9. The Labute approximate surface area is 408 Å². The van der Waals surface area contributed by atoms with Crippen LogP contribution in [0.4, 0.5) is 0 Å². The third kappa shape index (κ3) is 34.1. The highest BCUT2D eigenvalue weighted by atomic mass is 31.2. The first kappa shape index (κ1) is 64.1. The molecule has 1 aliphatic rings. The molecule has 1 aliphatic carbocycles. The molecule has 0 radical (unpaired) electrons. The van der Waals surface area contributed by atoms with E-state index in [0.717, 1.165) is 44.9 Å². The fraction of sp³-hybridized carbons (Fsp3) is 0.943. The molecule has 0 saturated heterocycles. The molecular formula is C53H104NO12P. The van der Waals surface area contributed by atoms with Crippen LogP contribution in [0.5, 0.6) is 0 Å². The summed E-state index contributed by atoms with van der Waals surface area (Å²) in [6.07, 6.45) is 35.6. The van der Waals surface area contributed by atoms with Crippen LogP contribution in [0.25, 0.3) is 0 Å². The van der Waals surface area contributed by atoms with E-state index < -0.39 is 75.2 Å².